The van der Waals surface area contributed by atoms with Crippen LogP contribution in [0, 0.1) is 23.2 Å². The number of hydrogen-bond acceptors (Lipinski definition) is 6. The average Bonchev–Trinajstić information content (AvgIpc) is 3.86. The van der Waals surface area contributed by atoms with E-state index in [2.05, 4.69) is 16.2 Å². The summed E-state index contributed by atoms with van der Waals surface area (Å²) in [6, 6.07) is 35.5. The second kappa shape index (κ2) is 17.9. The third-order valence-corrected chi connectivity index (χ3v) is 11.1. The van der Waals surface area contributed by atoms with Gasteiger partial charge in [0.15, 0.2) is 0 Å². The van der Waals surface area contributed by atoms with Crippen LogP contribution in [0.2, 0.25) is 20.1 Å². The van der Waals surface area contributed by atoms with Gasteiger partial charge in [-0.25, -0.2) is 4.68 Å². The molecule has 8 rings (SSSR count). The lowest BCUT2D eigenvalue weighted by atomic mass is 10.1. The van der Waals surface area contributed by atoms with Gasteiger partial charge in [0.25, 0.3) is 0 Å². The molecule has 11 nitrogen and oxygen atoms in total. The zero-order valence-corrected chi connectivity index (χ0v) is 33.9. The maximum absolute atomic E-state index is 10.9. The highest BCUT2D eigenvalue weighted by Crippen LogP contribution is 2.28. The number of hydrogen-bond donors (Lipinski definition) is 4. The minimum Gasteiger partial charge on any atom is -0.387 e. The van der Waals surface area contributed by atoms with Crippen molar-refractivity contribution in [2.24, 2.45) is 0 Å². The van der Waals surface area contributed by atoms with Gasteiger partial charge < -0.3 is 23.9 Å². The molecule has 3 aromatic heterocycles. The number of nitrogens with one attached hydrogen (secondary N) is 2. The monoisotopic (exact) mass is 851 g/mol. The number of para-hydroxylation sites is 4. The maximum Gasteiger partial charge on any atom is 0.203 e. The van der Waals surface area contributed by atoms with Gasteiger partial charge >= 0.3 is 0 Å². The fourth-order valence-corrected chi connectivity index (χ4v) is 7.40. The Kier molecular flexibility index (Phi) is 12.5. The predicted octanol–water partition coefficient (Wildman–Crippen LogP) is 8.25. The number of nitrogens with zero attached hydrogens (tertiary/aromatic N) is 7. The van der Waals surface area contributed by atoms with Crippen LogP contribution in [-0.2, 0) is 32.7 Å². The number of rotatable bonds is 11. The van der Waals surface area contributed by atoms with Gasteiger partial charge in [-0.2, -0.15) is 0 Å². The van der Waals surface area contributed by atoms with Gasteiger partial charge in [0.05, 0.1) is 93.3 Å². The molecule has 294 valence electrons. The van der Waals surface area contributed by atoms with Gasteiger partial charge in [-0.15, -0.1) is 11.5 Å². The summed E-state index contributed by atoms with van der Waals surface area (Å²) < 4.78 is 8.92. The van der Waals surface area contributed by atoms with Crippen LogP contribution < -0.4 is 11.2 Å². The highest BCUT2D eigenvalue weighted by atomic mass is 35.5. The van der Waals surface area contributed by atoms with Crippen LogP contribution in [0.5, 0.6) is 0 Å². The molecule has 0 fully saturated rings. The smallest absolute Gasteiger partial charge is 0.203 e. The van der Waals surface area contributed by atoms with Crippen LogP contribution in [0.15, 0.2) is 121 Å². The summed E-state index contributed by atoms with van der Waals surface area (Å²) >= 11 is 24.1. The van der Waals surface area contributed by atoms with Gasteiger partial charge in [0.2, 0.25) is 11.2 Å². The Hall–Kier alpha value is -5.58. The van der Waals surface area contributed by atoms with E-state index in [9.17, 15) is 10.2 Å². The number of aliphatic hydroxyl groups excluding tert-OH is 2. The van der Waals surface area contributed by atoms with E-state index in [0.29, 0.717) is 50.9 Å². The first-order valence-electron chi connectivity index (χ1n) is 18.1. The highest BCUT2D eigenvalue weighted by Gasteiger charge is 2.18. The molecule has 2 atom stereocenters. The van der Waals surface area contributed by atoms with Crippen LogP contribution >= 0.6 is 46.4 Å². The summed E-state index contributed by atoms with van der Waals surface area (Å²) in [5, 5.41) is 48.9. The predicted molar refractivity (Wildman–Crippen MR) is 228 cm³/mol. The van der Waals surface area contributed by atoms with Crippen molar-refractivity contribution in [1.29, 1.82) is 10.8 Å². The molecular weight excluding hydrogens is 816 g/mol. The highest BCUT2D eigenvalue weighted by molar-refractivity contribution is 6.42. The Morgan fingerprint density at radius 3 is 1.55 bits per heavy atom. The molecule has 0 amide bonds. The molecular formula is C43H37Cl4N9O2. The fourth-order valence-electron chi connectivity index (χ4n) is 6.79. The minimum absolute atomic E-state index is 0.199. The van der Waals surface area contributed by atoms with Gasteiger partial charge in [-0.1, -0.05) is 124 Å². The van der Waals surface area contributed by atoms with Crippen molar-refractivity contribution in [3.05, 3.63) is 175 Å². The molecule has 15 heteroatoms. The van der Waals surface area contributed by atoms with Crippen molar-refractivity contribution in [2.75, 3.05) is 0 Å². The standard InChI is InChI=1S/C25H22Cl2N6O.C18H15Cl2N3O/c26-20-11-10-18(12-21(20)27)24(34)16-33-23-9-5-4-8-22(23)32(25(33)28)15-19-14-31(30-29-19)13-17-6-2-1-3-7-17;1-2-9-22-15-5-3-4-6-16(15)23(18(22)21)11-17(24)12-7-8-13(19)14(20)10-12/h1-12,14,24,28,34H,13,15-16H2;1,3-8,10,17,21,24H,9,11H2. The van der Waals surface area contributed by atoms with Crippen LogP contribution in [0.25, 0.3) is 22.1 Å². The number of aliphatic hydroxyl groups is 2. The topological polar surface area (TPSA) is 139 Å². The van der Waals surface area contributed by atoms with Crippen molar-refractivity contribution in [3.8, 4) is 12.3 Å². The van der Waals surface area contributed by atoms with E-state index in [4.69, 9.17) is 63.6 Å². The lowest BCUT2D eigenvalue weighted by Gasteiger charge is -2.13. The molecule has 0 spiro atoms. The van der Waals surface area contributed by atoms with E-state index < -0.39 is 12.2 Å². The number of aromatic nitrogens is 7. The first kappa shape index (κ1) is 40.6. The molecule has 0 aliphatic rings. The number of imidazole rings is 2. The molecule has 0 saturated carbocycles. The Balaban J connectivity index is 0.000000188. The molecule has 8 aromatic rings. The maximum atomic E-state index is 10.9. The van der Waals surface area contributed by atoms with Crippen molar-refractivity contribution >= 4 is 68.5 Å². The third-order valence-electron chi connectivity index (χ3n) is 9.66. The first-order valence-corrected chi connectivity index (χ1v) is 19.6. The largest absolute Gasteiger partial charge is 0.387 e. The van der Waals surface area contributed by atoms with Crippen molar-refractivity contribution < 1.29 is 10.2 Å². The van der Waals surface area contributed by atoms with E-state index in [1.165, 1.54) is 0 Å². The van der Waals surface area contributed by atoms with Gasteiger partial charge in [0.1, 0.15) is 5.69 Å². The van der Waals surface area contributed by atoms with E-state index in [-0.39, 0.29) is 24.3 Å². The molecule has 2 unspecified atom stereocenters. The second-order valence-corrected chi connectivity index (χ2v) is 15.1. The molecule has 4 N–H and O–H groups in total. The fraction of sp³-hybridized carbons (Fsp3) is 0.163. The molecule has 0 radical (unpaired) electrons. The van der Waals surface area contributed by atoms with E-state index in [0.717, 1.165) is 33.3 Å². The van der Waals surface area contributed by atoms with Crippen LogP contribution in [0.3, 0.4) is 0 Å². The van der Waals surface area contributed by atoms with Crippen molar-refractivity contribution in [1.82, 2.24) is 33.3 Å². The summed E-state index contributed by atoms with van der Waals surface area (Å²) in [5.74, 6) is 2.56. The van der Waals surface area contributed by atoms with Crippen LogP contribution in [0.4, 0.5) is 0 Å². The van der Waals surface area contributed by atoms with Gasteiger partial charge in [-0.3, -0.25) is 15.4 Å². The molecule has 0 aliphatic carbocycles. The van der Waals surface area contributed by atoms with E-state index >= 15 is 0 Å². The van der Waals surface area contributed by atoms with E-state index in [1.54, 1.807) is 54.8 Å². The quantitative estimate of drug-likeness (QED) is 0.0975. The number of benzene rings is 5. The van der Waals surface area contributed by atoms with Crippen molar-refractivity contribution in [2.45, 2.75) is 44.9 Å². The Labute approximate surface area is 353 Å². The second-order valence-electron chi connectivity index (χ2n) is 13.5. The molecule has 0 bridgehead atoms. The summed E-state index contributed by atoms with van der Waals surface area (Å²) in [6.07, 6.45) is 5.64. The summed E-state index contributed by atoms with van der Waals surface area (Å²) in [5.41, 5.74) is 7.12. The van der Waals surface area contributed by atoms with E-state index in [1.807, 2.05) is 89.6 Å². The normalized spacial score (nSPS) is 12.3. The SMILES string of the molecule is C#CCn1c(=N)n(CC(O)c2ccc(Cl)c(Cl)c2)c2ccccc21.N=c1n(Cc2cn(Cc3ccccc3)nn2)c2ccccc2n1CC(O)c1ccc(Cl)c(Cl)c1. The molecule has 58 heavy (non-hydrogen) atoms. The van der Waals surface area contributed by atoms with Gasteiger partial charge in [-0.05, 0) is 65.2 Å². The summed E-state index contributed by atoms with van der Waals surface area (Å²) in [6.45, 7) is 1.74. The zero-order valence-electron chi connectivity index (χ0n) is 30.9. The van der Waals surface area contributed by atoms with Crippen LogP contribution in [-0.4, -0.2) is 43.5 Å². The van der Waals surface area contributed by atoms with Crippen molar-refractivity contribution in [3.63, 3.8) is 0 Å². The average molecular weight is 854 g/mol. The Bertz CT molecular complexity index is 2890. The Morgan fingerprint density at radius 2 is 1.05 bits per heavy atom. The Morgan fingerprint density at radius 1 is 0.586 bits per heavy atom. The number of fused-ring (bicyclic) bond motifs is 2. The van der Waals surface area contributed by atoms with Gasteiger partial charge in [0, 0.05) is 0 Å². The lowest BCUT2D eigenvalue weighted by Crippen LogP contribution is -2.27. The zero-order chi connectivity index (χ0) is 40.9. The molecule has 5 aromatic carbocycles. The molecule has 0 aliphatic heterocycles. The minimum atomic E-state index is -0.852. The number of terminal acetylenes is 1. The number of halogens is 4. The summed E-state index contributed by atoms with van der Waals surface area (Å²) in [4.78, 5) is 0. The summed E-state index contributed by atoms with van der Waals surface area (Å²) in [7, 11) is 0. The third kappa shape index (κ3) is 8.78. The molecule has 3 heterocycles. The molecule has 0 saturated heterocycles. The lowest BCUT2D eigenvalue weighted by molar-refractivity contribution is 0.155. The first-order chi connectivity index (χ1) is 28.0. The van der Waals surface area contributed by atoms with Crippen LogP contribution in [0.1, 0.15) is 34.6 Å².